The van der Waals surface area contributed by atoms with Gasteiger partial charge in [0, 0.05) is 37.6 Å². The van der Waals surface area contributed by atoms with E-state index in [0.717, 1.165) is 42.8 Å². The second-order valence-corrected chi connectivity index (χ2v) is 5.01. The largest absolute Gasteiger partial charge is 0.495 e. The molecule has 0 bridgehead atoms. The first-order chi connectivity index (χ1) is 9.79. The number of nitrogens with one attached hydrogen (secondary N) is 1. The van der Waals surface area contributed by atoms with Crippen molar-refractivity contribution < 1.29 is 4.74 Å². The van der Waals surface area contributed by atoms with E-state index in [1.807, 2.05) is 24.3 Å². The van der Waals surface area contributed by atoms with E-state index < -0.39 is 0 Å². The molecule has 5 nitrogen and oxygen atoms in total. The number of benzene rings is 1. The summed E-state index contributed by atoms with van der Waals surface area (Å²) in [6.45, 7) is 4.46. The Hall–Kier alpha value is -1.85. The van der Waals surface area contributed by atoms with Crippen LogP contribution in [-0.4, -0.2) is 42.8 Å². The zero-order valence-corrected chi connectivity index (χ0v) is 11.6. The molecule has 1 saturated heterocycles. The van der Waals surface area contributed by atoms with Crippen molar-refractivity contribution in [3.8, 4) is 5.75 Å². The van der Waals surface area contributed by atoms with E-state index in [1.54, 1.807) is 17.7 Å². The zero-order valence-electron chi connectivity index (χ0n) is 11.6. The van der Waals surface area contributed by atoms with Gasteiger partial charge in [-0.2, -0.15) is 0 Å². The van der Waals surface area contributed by atoms with Gasteiger partial charge in [0.05, 0.1) is 19.3 Å². The van der Waals surface area contributed by atoms with Gasteiger partial charge in [0.15, 0.2) is 0 Å². The SMILES string of the molecule is COc1cccc2ccc(=O)n(CN3CCNCC3)c12. The zero-order chi connectivity index (χ0) is 13.9. The Balaban J connectivity index is 2.07. The summed E-state index contributed by atoms with van der Waals surface area (Å²) >= 11 is 0. The molecule has 0 radical (unpaired) electrons. The van der Waals surface area contributed by atoms with E-state index in [9.17, 15) is 4.79 Å². The molecule has 20 heavy (non-hydrogen) atoms. The number of nitrogens with zero attached hydrogens (tertiary/aromatic N) is 2. The van der Waals surface area contributed by atoms with Crippen LogP contribution in [0.3, 0.4) is 0 Å². The van der Waals surface area contributed by atoms with E-state index in [4.69, 9.17) is 4.74 Å². The molecule has 1 aliphatic rings. The van der Waals surface area contributed by atoms with E-state index >= 15 is 0 Å². The average Bonchev–Trinajstić information content (AvgIpc) is 2.50. The summed E-state index contributed by atoms with van der Waals surface area (Å²) in [5, 5.41) is 4.35. The predicted octanol–water partition coefficient (Wildman–Crippen LogP) is 0.873. The first-order valence-electron chi connectivity index (χ1n) is 6.89. The maximum Gasteiger partial charge on any atom is 0.252 e. The van der Waals surface area contributed by atoms with Gasteiger partial charge in [-0.3, -0.25) is 14.3 Å². The first kappa shape index (κ1) is 13.1. The summed E-state index contributed by atoms with van der Waals surface area (Å²) in [4.78, 5) is 14.5. The van der Waals surface area contributed by atoms with Crippen molar-refractivity contribution in [2.45, 2.75) is 6.67 Å². The summed E-state index contributed by atoms with van der Waals surface area (Å²) in [5.74, 6) is 0.746. The first-order valence-corrected chi connectivity index (χ1v) is 6.89. The summed E-state index contributed by atoms with van der Waals surface area (Å²) in [7, 11) is 1.64. The highest BCUT2D eigenvalue weighted by atomic mass is 16.5. The Morgan fingerprint density at radius 3 is 2.75 bits per heavy atom. The van der Waals surface area contributed by atoms with Crippen LogP contribution in [0.4, 0.5) is 0 Å². The van der Waals surface area contributed by atoms with Gasteiger partial charge in [-0.25, -0.2) is 0 Å². The highest BCUT2D eigenvalue weighted by Gasteiger charge is 2.14. The van der Waals surface area contributed by atoms with Crippen molar-refractivity contribution in [1.29, 1.82) is 0 Å². The van der Waals surface area contributed by atoms with Crippen molar-refractivity contribution in [2.24, 2.45) is 0 Å². The van der Waals surface area contributed by atoms with Gasteiger partial charge in [0.25, 0.3) is 5.56 Å². The Morgan fingerprint density at radius 1 is 1.20 bits per heavy atom. The number of hydrogen-bond acceptors (Lipinski definition) is 4. The molecule has 0 amide bonds. The quantitative estimate of drug-likeness (QED) is 0.901. The number of hydrogen-bond donors (Lipinski definition) is 1. The fourth-order valence-corrected chi connectivity index (χ4v) is 2.68. The molecule has 1 fully saturated rings. The second-order valence-electron chi connectivity index (χ2n) is 5.01. The van der Waals surface area contributed by atoms with Crippen LogP contribution >= 0.6 is 0 Å². The van der Waals surface area contributed by atoms with Crippen LogP contribution in [0.5, 0.6) is 5.75 Å². The third-order valence-electron chi connectivity index (χ3n) is 3.74. The minimum Gasteiger partial charge on any atom is -0.495 e. The number of piperazine rings is 1. The molecule has 0 aliphatic carbocycles. The van der Waals surface area contributed by atoms with Crippen molar-refractivity contribution in [1.82, 2.24) is 14.8 Å². The monoisotopic (exact) mass is 273 g/mol. The predicted molar refractivity (Wildman–Crippen MR) is 79.2 cm³/mol. The summed E-state index contributed by atoms with van der Waals surface area (Å²) in [5.41, 5.74) is 0.890. The number of ether oxygens (including phenoxy) is 1. The van der Waals surface area contributed by atoms with E-state index in [-0.39, 0.29) is 5.56 Å². The van der Waals surface area contributed by atoms with Gasteiger partial charge in [0.2, 0.25) is 0 Å². The van der Waals surface area contributed by atoms with Crippen LogP contribution < -0.4 is 15.6 Å². The van der Waals surface area contributed by atoms with Crippen molar-refractivity contribution >= 4 is 10.9 Å². The molecule has 2 aromatic rings. The molecule has 2 heterocycles. The smallest absolute Gasteiger partial charge is 0.252 e. The third-order valence-corrected chi connectivity index (χ3v) is 3.74. The maximum absolute atomic E-state index is 12.2. The number of fused-ring (bicyclic) bond motifs is 1. The fraction of sp³-hybridized carbons (Fsp3) is 0.400. The van der Waals surface area contributed by atoms with Crippen LogP contribution in [0.2, 0.25) is 0 Å². The van der Waals surface area contributed by atoms with Crippen molar-refractivity contribution in [2.75, 3.05) is 33.3 Å². The molecule has 106 valence electrons. The van der Waals surface area contributed by atoms with Crippen LogP contribution in [-0.2, 0) is 6.67 Å². The molecule has 0 atom stereocenters. The topological polar surface area (TPSA) is 46.5 Å². The normalized spacial score (nSPS) is 16.4. The van der Waals surface area contributed by atoms with Gasteiger partial charge < -0.3 is 10.1 Å². The van der Waals surface area contributed by atoms with Crippen molar-refractivity contribution in [3.05, 3.63) is 40.7 Å². The molecule has 5 heteroatoms. The molecule has 1 N–H and O–H groups in total. The number of para-hydroxylation sites is 1. The van der Waals surface area contributed by atoms with Crippen LogP contribution in [0.1, 0.15) is 0 Å². The Bertz CT molecular complexity index is 660. The molecule has 1 aromatic heterocycles. The molecule has 1 aliphatic heterocycles. The molecular weight excluding hydrogens is 254 g/mol. The number of aromatic nitrogens is 1. The number of pyridine rings is 1. The third kappa shape index (κ3) is 2.42. The van der Waals surface area contributed by atoms with Crippen LogP contribution in [0, 0.1) is 0 Å². The summed E-state index contributed by atoms with van der Waals surface area (Å²) < 4.78 is 7.23. The number of methoxy groups -OCH3 is 1. The lowest BCUT2D eigenvalue weighted by Gasteiger charge is -2.28. The Labute approximate surface area is 117 Å². The van der Waals surface area contributed by atoms with E-state index in [2.05, 4.69) is 10.2 Å². The maximum atomic E-state index is 12.2. The second kappa shape index (κ2) is 5.64. The Morgan fingerprint density at radius 2 is 2.00 bits per heavy atom. The lowest BCUT2D eigenvalue weighted by molar-refractivity contribution is 0.193. The molecule has 0 unspecified atom stereocenters. The van der Waals surface area contributed by atoms with E-state index in [1.165, 1.54) is 0 Å². The highest BCUT2D eigenvalue weighted by molar-refractivity contribution is 5.84. The van der Waals surface area contributed by atoms with Gasteiger partial charge in [0.1, 0.15) is 5.75 Å². The molecule has 3 rings (SSSR count). The summed E-state index contributed by atoms with van der Waals surface area (Å²) in [6.07, 6.45) is 0. The van der Waals surface area contributed by atoms with Gasteiger partial charge in [-0.15, -0.1) is 0 Å². The minimum atomic E-state index is 0.0144. The van der Waals surface area contributed by atoms with Crippen LogP contribution in [0.25, 0.3) is 10.9 Å². The van der Waals surface area contributed by atoms with Gasteiger partial charge in [-0.1, -0.05) is 12.1 Å². The lowest BCUT2D eigenvalue weighted by Crippen LogP contribution is -2.45. The van der Waals surface area contributed by atoms with Gasteiger partial charge in [-0.05, 0) is 12.1 Å². The minimum absolute atomic E-state index is 0.0144. The van der Waals surface area contributed by atoms with E-state index in [0.29, 0.717) is 6.67 Å². The summed E-state index contributed by atoms with van der Waals surface area (Å²) in [6, 6.07) is 9.33. The number of rotatable bonds is 3. The van der Waals surface area contributed by atoms with Crippen LogP contribution in [0.15, 0.2) is 35.1 Å². The Kier molecular flexibility index (Phi) is 3.71. The lowest BCUT2D eigenvalue weighted by atomic mass is 10.2. The fourth-order valence-electron chi connectivity index (χ4n) is 2.68. The standard InChI is InChI=1S/C15H19N3O2/c1-20-13-4-2-3-12-5-6-14(19)18(15(12)13)11-17-9-7-16-8-10-17/h2-6,16H,7-11H2,1H3. The average molecular weight is 273 g/mol. The molecule has 1 aromatic carbocycles. The molecule has 0 spiro atoms. The van der Waals surface area contributed by atoms with Crippen molar-refractivity contribution in [3.63, 3.8) is 0 Å². The van der Waals surface area contributed by atoms with Gasteiger partial charge >= 0.3 is 0 Å². The highest BCUT2D eigenvalue weighted by Crippen LogP contribution is 2.24. The molecular formula is C15H19N3O2. The molecule has 0 saturated carbocycles.